The van der Waals surface area contributed by atoms with Crippen molar-refractivity contribution in [3.63, 3.8) is 0 Å². The van der Waals surface area contributed by atoms with Gasteiger partial charge in [0.15, 0.2) is 0 Å². The Morgan fingerprint density at radius 2 is 2.50 bits per heavy atom. The van der Waals surface area contributed by atoms with Gasteiger partial charge in [-0.1, -0.05) is 13.0 Å². The predicted molar refractivity (Wildman–Crippen MR) is 60.5 cm³/mol. The van der Waals surface area contributed by atoms with Crippen molar-refractivity contribution in [2.24, 2.45) is 0 Å². The molecule has 2 unspecified atom stereocenters. The van der Waals surface area contributed by atoms with E-state index < -0.39 is 0 Å². The van der Waals surface area contributed by atoms with Crippen molar-refractivity contribution in [2.75, 3.05) is 13.2 Å². The topological polar surface area (TPSA) is 21.3 Å². The van der Waals surface area contributed by atoms with E-state index in [4.69, 9.17) is 4.74 Å². The average molecular weight is 197 g/mol. The van der Waals surface area contributed by atoms with Crippen LogP contribution in [-0.2, 0) is 4.74 Å². The molecule has 1 saturated heterocycles. The van der Waals surface area contributed by atoms with Gasteiger partial charge >= 0.3 is 0 Å². The van der Waals surface area contributed by atoms with Gasteiger partial charge in [-0.05, 0) is 32.1 Å². The summed E-state index contributed by atoms with van der Waals surface area (Å²) in [5, 5.41) is 3.67. The Morgan fingerprint density at radius 3 is 3.07 bits per heavy atom. The summed E-state index contributed by atoms with van der Waals surface area (Å²) in [4.78, 5) is 0. The van der Waals surface area contributed by atoms with Crippen molar-refractivity contribution in [1.82, 2.24) is 5.32 Å². The Balaban J connectivity index is 2.19. The van der Waals surface area contributed by atoms with E-state index in [1.165, 1.54) is 25.7 Å². The lowest BCUT2D eigenvalue weighted by atomic mass is 10.0. The molecule has 1 heterocycles. The summed E-state index contributed by atoms with van der Waals surface area (Å²) in [5.41, 5.74) is 0. The van der Waals surface area contributed by atoms with Gasteiger partial charge in [0.1, 0.15) is 0 Å². The zero-order valence-electron chi connectivity index (χ0n) is 9.30. The van der Waals surface area contributed by atoms with Gasteiger partial charge in [0.25, 0.3) is 0 Å². The second kappa shape index (κ2) is 7.02. The predicted octanol–water partition coefficient (Wildman–Crippen LogP) is 2.50. The SMILES string of the molecule is C=CCCC(CC)NC1CCCOC1. The van der Waals surface area contributed by atoms with Crippen LogP contribution in [-0.4, -0.2) is 25.3 Å². The molecule has 1 fully saturated rings. The highest BCUT2D eigenvalue weighted by Crippen LogP contribution is 2.10. The van der Waals surface area contributed by atoms with Gasteiger partial charge in [-0.2, -0.15) is 0 Å². The number of ether oxygens (including phenoxy) is 1. The molecule has 0 bridgehead atoms. The second-order valence-corrected chi connectivity index (χ2v) is 4.05. The average Bonchev–Trinajstić information content (AvgIpc) is 2.25. The minimum absolute atomic E-state index is 0.582. The van der Waals surface area contributed by atoms with Crippen LogP contribution in [0, 0.1) is 0 Å². The van der Waals surface area contributed by atoms with Crippen LogP contribution in [0.3, 0.4) is 0 Å². The van der Waals surface area contributed by atoms with E-state index in [2.05, 4.69) is 18.8 Å². The van der Waals surface area contributed by atoms with Crippen LogP contribution >= 0.6 is 0 Å². The Kier molecular flexibility index (Phi) is 5.88. The third-order valence-electron chi connectivity index (χ3n) is 2.84. The summed E-state index contributed by atoms with van der Waals surface area (Å²) in [6, 6.07) is 1.22. The van der Waals surface area contributed by atoms with Gasteiger partial charge in [-0.25, -0.2) is 0 Å². The molecular formula is C12H23NO. The summed E-state index contributed by atoms with van der Waals surface area (Å²) in [6.45, 7) is 7.84. The van der Waals surface area contributed by atoms with E-state index in [-0.39, 0.29) is 0 Å². The highest BCUT2D eigenvalue weighted by Gasteiger charge is 2.16. The van der Waals surface area contributed by atoms with E-state index >= 15 is 0 Å². The summed E-state index contributed by atoms with van der Waals surface area (Å²) >= 11 is 0. The fourth-order valence-corrected chi connectivity index (χ4v) is 1.93. The van der Waals surface area contributed by atoms with Gasteiger partial charge in [0.2, 0.25) is 0 Å². The quantitative estimate of drug-likeness (QED) is 0.661. The first-order valence-electron chi connectivity index (χ1n) is 5.81. The van der Waals surface area contributed by atoms with Gasteiger partial charge in [-0.3, -0.25) is 0 Å². The lowest BCUT2D eigenvalue weighted by Gasteiger charge is -2.27. The number of rotatable bonds is 6. The van der Waals surface area contributed by atoms with Crippen molar-refractivity contribution in [3.05, 3.63) is 12.7 Å². The summed E-state index contributed by atoms with van der Waals surface area (Å²) < 4.78 is 5.45. The Morgan fingerprint density at radius 1 is 1.64 bits per heavy atom. The molecular weight excluding hydrogens is 174 g/mol. The van der Waals surface area contributed by atoms with Crippen molar-refractivity contribution >= 4 is 0 Å². The molecule has 1 aliphatic rings. The molecule has 0 radical (unpaired) electrons. The Hall–Kier alpha value is -0.340. The third-order valence-corrected chi connectivity index (χ3v) is 2.84. The maximum Gasteiger partial charge on any atom is 0.0619 e. The lowest BCUT2D eigenvalue weighted by Crippen LogP contribution is -2.42. The largest absolute Gasteiger partial charge is 0.380 e. The molecule has 2 atom stereocenters. The summed E-state index contributed by atoms with van der Waals surface area (Å²) in [5.74, 6) is 0. The van der Waals surface area contributed by atoms with E-state index in [9.17, 15) is 0 Å². The molecule has 1 N–H and O–H groups in total. The summed E-state index contributed by atoms with van der Waals surface area (Å²) in [7, 11) is 0. The van der Waals surface area contributed by atoms with Crippen LogP contribution in [0.1, 0.15) is 39.0 Å². The lowest BCUT2D eigenvalue weighted by molar-refractivity contribution is 0.0657. The molecule has 0 amide bonds. The van der Waals surface area contributed by atoms with Crippen molar-refractivity contribution in [2.45, 2.75) is 51.1 Å². The number of allylic oxidation sites excluding steroid dienone is 1. The molecule has 0 aliphatic carbocycles. The highest BCUT2D eigenvalue weighted by atomic mass is 16.5. The third kappa shape index (κ3) is 4.25. The van der Waals surface area contributed by atoms with Crippen LogP contribution in [0.15, 0.2) is 12.7 Å². The zero-order valence-corrected chi connectivity index (χ0v) is 9.30. The molecule has 14 heavy (non-hydrogen) atoms. The number of nitrogens with one attached hydrogen (secondary N) is 1. The molecule has 0 spiro atoms. The Labute approximate surface area is 87.7 Å². The molecule has 0 aromatic rings. The minimum Gasteiger partial charge on any atom is -0.380 e. The molecule has 2 heteroatoms. The van der Waals surface area contributed by atoms with E-state index in [1.54, 1.807) is 0 Å². The number of hydrogen-bond acceptors (Lipinski definition) is 2. The molecule has 0 aromatic carbocycles. The molecule has 2 nitrogen and oxygen atoms in total. The smallest absolute Gasteiger partial charge is 0.0619 e. The molecule has 0 aromatic heterocycles. The minimum atomic E-state index is 0.582. The second-order valence-electron chi connectivity index (χ2n) is 4.05. The van der Waals surface area contributed by atoms with Crippen LogP contribution in [0.2, 0.25) is 0 Å². The first-order chi connectivity index (χ1) is 6.86. The first kappa shape index (κ1) is 11.7. The molecule has 82 valence electrons. The van der Waals surface area contributed by atoms with Crippen molar-refractivity contribution < 1.29 is 4.74 Å². The Bertz CT molecular complexity index is 152. The highest BCUT2D eigenvalue weighted by molar-refractivity contribution is 4.78. The maximum absolute atomic E-state index is 5.45. The van der Waals surface area contributed by atoms with E-state index in [1.807, 2.05) is 6.08 Å². The van der Waals surface area contributed by atoms with Crippen LogP contribution in [0.4, 0.5) is 0 Å². The number of hydrogen-bond donors (Lipinski definition) is 1. The monoisotopic (exact) mass is 197 g/mol. The van der Waals surface area contributed by atoms with Crippen LogP contribution in [0.5, 0.6) is 0 Å². The maximum atomic E-state index is 5.45. The van der Waals surface area contributed by atoms with Gasteiger partial charge in [0.05, 0.1) is 6.61 Å². The normalized spacial score (nSPS) is 24.5. The molecule has 0 saturated carbocycles. The fraction of sp³-hybridized carbons (Fsp3) is 0.833. The van der Waals surface area contributed by atoms with Crippen molar-refractivity contribution in [3.8, 4) is 0 Å². The van der Waals surface area contributed by atoms with Gasteiger partial charge < -0.3 is 10.1 Å². The fourth-order valence-electron chi connectivity index (χ4n) is 1.93. The first-order valence-corrected chi connectivity index (χ1v) is 5.81. The molecule has 1 rings (SSSR count). The van der Waals surface area contributed by atoms with E-state index in [0.29, 0.717) is 12.1 Å². The van der Waals surface area contributed by atoms with Gasteiger partial charge in [-0.15, -0.1) is 6.58 Å². The van der Waals surface area contributed by atoms with Crippen LogP contribution < -0.4 is 5.32 Å². The zero-order chi connectivity index (χ0) is 10.2. The van der Waals surface area contributed by atoms with E-state index in [0.717, 1.165) is 19.6 Å². The summed E-state index contributed by atoms with van der Waals surface area (Å²) in [6.07, 6.45) is 7.99. The molecule has 1 aliphatic heterocycles. The standard InChI is InChI=1S/C12H23NO/c1-3-5-7-11(4-2)13-12-8-6-9-14-10-12/h3,11-13H,1,4-10H2,2H3. The van der Waals surface area contributed by atoms with Crippen molar-refractivity contribution in [1.29, 1.82) is 0 Å². The van der Waals surface area contributed by atoms with Crippen LogP contribution in [0.25, 0.3) is 0 Å². The van der Waals surface area contributed by atoms with Gasteiger partial charge in [0, 0.05) is 18.7 Å².